The summed E-state index contributed by atoms with van der Waals surface area (Å²) in [5, 5.41) is 11.9. The maximum Gasteiger partial charge on any atom is 0.252 e. The molecule has 170 valence electrons. The molecule has 0 spiro atoms. The Kier molecular flexibility index (Phi) is 7.37. The zero-order valence-corrected chi connectivity index (χ0v) is 19.7. The zero-order chi connectivity index (χ0) is 23.5. The largest absolute Gasteiger partial charge is 0.496 e. The van der Waals surface area contributed by atoms with Crippen molar-refractivity contribution in [1.29, 1.82) is 0 Å². The van der Waals surface area contributed by atoms with Gasteiger partial charge in [-0.2, -0.15) is 0 Å². The van der Waals surface area contributed by atoms with Crippen LogP contribution in [0.15, 0.2) is 36.7 Å². The lowest BCUT2D eigenvalue weighted by Crippen LogP contribution is -2.16. The third-order valence-electron chi connectivity index (χ3n) is 4.95. The molecule has 0 aliphatic heterocycles. The second-order valence-electron chi connectivity index (χ2n) is 7.30. The van der Waals surface area contributed by atoms with Gasteiger partial charge in [0.15, 0.2) is 0 Å². The molecule has 1 aromatic heterocycles. The van der Waals surface area contributed by atoms with Gasteiger partial charge in [0.05, 0.1) is 34.2 Å². The predicted octanol–water partition coefficient (Wildman–Crippen LogP) is 2.84. The highest BCUT2D eigenvalue weighted by molar-refractivity contribution is 7.90. The van der Waals surface area contributed by atoms with E-state index in [1.165, 1.54) is 30.4 Å². The van der Waals surface area contributed by atoms with E-state index in [4.69, 9.17) is 33.7 Å². The standard InChI is InChI=1S/C20H21Cl2N5O4S/c1-31-19-14(8-15(10-16(19)20(23)28)27-11-24-25-26-27)7-13(5-6-32(2,29)30)12-3-4-17(21)18(22)9-12/h3-4,8-11,13H,5-7H2,1-2H3,(H2,23,28). The fraction of sp³-hybridized carbons (Fsp3) is 0.300. The summed E-state index contributed by atoms with van der Waals surface area (Å²) in [6.07, 6.45) is 3.23. The Morgan fingerprint density at radius 3 is 2.53 bits per heavy atom. The van der Waals surface area contributed by atoms with E-state index >= 15 is 0 Å². The Morgan fingerprint density at radius 2 is 1.97 bits per heavy atom. The minimum atomic E-state index is -3.21. The predicted molar refractivity (Wildman–Crippen MR) is 121 cm³/mol. The molecule has 0 fully saturated rings. The number of tetrazole rings is 1. The van der Waals surface area contributed by atoms with Crippen LogP contribution in [0.2, 0.25) is 10.0 Å². The van der Waals surface area contributed by atoms with E-state index in [0.717, 1.165) is 5.56 Å². The Balaban J connectivity index is 2.10. The van der Waals surface area contributed by atoms with Gasteiger partial charge in [-0.15, -0.1) is 5.10 Å². The number of methoxy groups -OCH3 is 1. The molecule has 0 aliphatic rings. The van der Waals surface area contributed by atoms with Crippen molar-refractivity contribution < 1.29 is 17.9 Å². The Labute approximate surface area is 195 Å². The van der Waals surface area contributed by atoms with Gasteiger partial charge in [0.2, 0.25) is 0 Å². The number of primary amides is 1. The normalized spacial score (nSPS) is 12.5. The number of ether oxygens (including phenoxy) is 1. The second-order valence-corrected chi connectivity index (χ2v) is 10.4. The van der Waals surface area contributed by atoms with Gasteiger partial charge in [-0.1, -0.05) is 29.3 Å². The van der Waals surface area contributed by atoms with Crippen LogP contribution in [0.25, 0.3) is 5.69 Å². The maximum atomic E-state index is 12.1. The van der Waals surface area contributed by atoms with E-state index in [2.05, 4.69) is 15.5 Å². The third-order valence-corrected chi connectivity index (χ3v) is 6.67. The molecule has 3 rings (SSSR count). The Bertz CT molecular complexity index is 1230. The molecule has 2 N–H and O–H groups in total. The first kappa shape index (κ1) is 24.0. The molecular weight excluding hydrogens is 477 g/mol. The van der Waals surface area contributed by atoms with E-state index in [1.807, 2.05) is 0 Å². The van der Waals surface area contributed by atoms with Crippen LogP contribution >= 0.6 is 23.2 Å². The number of aromatic nitrogens is 4. The van der Waals surface area contributed by atoms with E-state index in [-0.39, 0.29) is 17.2 Å². The van der Waals surface area contributed by atoms with Gasteiger partial charge in [-0.05, 0) is 64.6 Å². The van der Waals surface area contributed by atoms with Crippen LogP contribution < -0.4 is 10.5 Å². The van der Waals surface area contributed by atoms with Crippen LogP contribution in [0, 0.1) is 0 Å². The molecule has 0 radical (unpaired) electrons. The van der Waals surface area contributed by atoms with Crippen molar-refractivity contribution in [1.82, 2.24) is 20.2 Å². The second kappa shape index (κ2) is 9.85. The molecule has 0 aliphatic carbocycles. The van der Waals surface area contributed by atoms with Crippen molar-refractivity contribution in [2.24, 2.45) is 5.73 Å². The van der Waals surface area contributed by atoms with Gasteiger partial charge < -0.3 is 10.5 Å². The number of amides is 1. The minimum absolute atomic E-state index is 0.0322. The van der Waals surface area contributed by atoms with Crippen LogP contribution in [0.3, 0.4) is 0 Å². The molecule has 9 nitrogen and oxygen atoms in total. The van der Waals surface area contributed by atoms with Crippen molar-refractivity contribution in [3.63, 3.8) is 0 Å². The summed E-state index contributed by atoms with van der Waals surface area (Å²) >= 11 is 12.3. The van der Waals surface area contributed by atoms with Crippen molar-refractivity contribution in [2.45, 2.75) is 18.8 Å². The summed E-state index contributed by atoms with van der Waals surface area (Å²) in [7, 11) is -1.78. The SMILES string of the molecule is COc1c(CC(CCS(C)(=O)=O)c2ccc(Cl)c(Cl)c2)cc(-n2cnnn2)cc1C(N)=O. The Hall–Kier alpha value is -2.69. The molecule has 1 heterocycles. The van der Waals surface area contributed by atoms with Crippen molar-refractivity contribution in [3.8, 4) is 11.4 Å². The number of nitrogens with two attached hydrogens (primary N) is 1. The first-order valence-corrected chi connectivity index (χ1v) is 12.3. The van der Waals surface area contributed by atoms with Gasteiger partial charge in [-0.25, -0.2) is 13.1 Å². The Morgan fingerprint density at radius 1 is 1.22 bits per heavy atom. The molecule has 32 heavy (non-hydrogen) atoms. The van der Waals surface area contributed by atoms with Gasteiger partial charge >= 0.3 is 0 Å². The number of carbonyl (C=O) groups excluding carboxylic acids is 1. The number of rotatable bonds is 9. The van der Waals surface area contributed by atoms with Crippen LogP contribution in [0.5, 0.6) is 5.75 Å². The fourth-order valence-electron chi connectivity index (χ4n) is 3.43. The molecular formula is C20H21Cl2N5O4S. The molecule has 0 saturated heterocycles. The fourth-order valence-corrected chi connectivity index (χ4v) is 4.45. The molecule has 12 heteroatoms. The lowest BCUT2D eigenvalue weighted by molar-refractivity contribution is 0.0997. The molecule has 1 atom stereocenters. The maximum absolute atomic E-state index is 12.1. The van der Waals surface area contributed by atoms with Gasteiger partial charge in [0.1, 0.15) is 21.9 Å². The topological polar surface area (TPSA) is 130 Å². The van der Waals surface area contributed by atoms with Crippen molar-refractivity contribution >= 4 is 38.9 Å². The first-order valence-electron chi connectivity index (χ1n) is 9.45. The number of carbonyl (C=O) groups is 1. The number of benzene rings is 2. The van der Waals surface area contributed by atoms with Crippen LogP contribution in [0.4, 0.5) is 0 Å². The quantitative estimate of drug-likeness (QED) is 0.480. The lowest BCUT2D eigenvalue weighted by atomic mass is 9.88. The molecule has 1 amide bonds. The minimum Gasteiger partial charge on any atom is -0.496 e. The number of sulfone groups is 1. The molecule has 1 unspecified atom stereocenters. The smallest absolute Gasteiger partial charge is 0.252 e. The molecule has 2 aromatic carbocycles. The summed E-state index contributed by atoms with van der Waals surface area (Å²) in [5.41, 5.74) is 7.69. The highest BCUT2D eigenvalue weighted by Gasteiger charge is 2.22. The number of hydrogen-bond acceptors (Lipinski definition) is 7. The van der Waals surface area contributed by atoms with Gasteiger partial charge in [0.25, 0.3) is 5.91 Å². The summed E-state index contributed by atoms with van der Waals surface area (Å²) in [4.78, 5) is 12.1. The zero-order valence-electron chi connectivity index (χ0n) is 17.3. The van der Waals surface area contributed by atoms with E-state index < -0.39 is 15.7 Å². The highest BCUT2D eigenvalue weighted by Crippen LogP contribution is 2.35. The van der Waals surface area contributed by atoms with Crippen LogP contribution in [0.1, 0.15) is 33.8 Å². The third kappa shape index (κ3) is 5.76. The average molecular weight is 498 g/mol. The summed E-state index contributed by atoms with van der Waals surface area (Å²) < 4.78 is 30.6. The molecule has 3 aromatic rings. The summed E-state index contributed by atoms with van der Waals surface area (Å²) in [6, 6.07) is 8.48. The van der Waals surface area contributed by atoms with Crippen molar-refractivity contribution in [3.05, 3.63) is 63.4 Å². The average Bonchev–Trinajstić information content (AvgIpc) is 3.26. The van der Waals surface area contributed by atoms with E-state index in [0.29, 0.717) is 39.9 Å². The van der Waals surface area contributed by atoms with E-state index in [1.54, 1.807) is 24.3 Å². The van der Waals surface area contributed by atoms with Gasteiger partial charge in [0, 0.05) is 6.26 Å². The number of hydrogen-bond donors (Lipinski definition) is 1. The highest BCUT2D eigenvalue weighted by atomic mass is 35.5. The van der Waals surface area contributed by atoms with Gasteiger partial charge in [-0.3, -0.25) is 4.79 Å². The lowest BCUT2D eigenvalue weighted by Gasteiger charge is -2.21. The van der Waals surface area contributed by atoms with Crippen LogP contribution in [-0.4, -0.2) is 53.7 Å². The van der Waals surface area contributed by atoms with E-state index in [9.17, 15) is 13.2 Å². The van der Waals surface area contributed by atoms with Crippen molar-refractivity contribution in [2.75, 3.05) is 19.1 Å². The van der Waals surface area contributed by atoms with Crippen LogP contribution in [-0.2, 0) is 16.3 Å². The summed E-state index contributed by atoms with van der Waals surface area (Å²) in [6.45, 7) is 0. The molecule has 0 bridgehead atoms. The number of halogens is 2. The number of nitrogens with zero attached hydrogens (tertiary/aromatic N) is 4. The summed E-state index contributed by atoms with van der Waals surface area (Å²) in [5.74, 6) is -0.674. The monoisotopic (exact) mass is 497 g/mol. The molecule has 0 saturated carbocycles. The first-order chi connectivity index (χ1) is 15.1.